The molecule has 6 rings (SSSR count). The summed E-state index contributed by atoms with van der Waals surface area (Å²) in [5.41, 5.74) is -0.593. The molecule has 0 saturated carbocycles. The zero-order chi connectivity index (χ0) is 29.8. The van der Waals surface area contributed by atoms with Gasteiger partial charge in [-0.2, -0.15) is 0 Å². The van der Waals surface area contributed by atoms with Crippen LogP contribution in [0.15, 0.2) is 89.2 Å². The number of aromatic nitrogens is 2. The average Bonchev–Trinajstić information content (AvgIpc) is 3.28. The van der Waals surface area contributed by atoms with Crippen LogP contribution in [-0.2, 0) is 26.2 Å². The van der Waals surface area contributed by atoms with E-state index in [0.29, 0.717) is 34.1 Å². The first-order valence-corrected chi connectivity index (χ1v) is 13.1. The molecule has 3 heterocycles. The highest BCUT2D eigenvalue weighted by atomic mass is 16.5. The first-order chi connectivity index (χ1) is 20.2. The van der Waals surface area contributed by atoms with Gasteiger partial charge in [0.15, 0.2) is 0 Å². The third-order valence-electron chi connectivity index (χ3n) is 7.68. The summed E-state index contributed by atoms with van der Waals surface area (Å²) >= 11 is 0. The van der Waals surface area contributed by atoms with Gasteiger partial charge in [0.2, 0.25) is 0 Å². The van der Waals surface area contributed by atoms with E-state index in [1.54, 1.807) is 91.4 Å². The molecule has 1 saturated heterocycles. The summed E-state index contributed by atoms with van der Waals surface area (Å²) in [6, 6.07) is 22.7. The first kappa shape index (κ1) is 26.6. The lowest BCUT2D eigenvalue weighted by Gasteiger charge is -2.36. The van der Waals surface area contributed by atoms with Crippen molar-refractivity contribution in [2.24, 2.45) is 7.05 Å². The van der Waals surface area contributed by atoms with Crippen molar-refractivity contribution >= 4 is 40.4 Å². The van der Waals surface area contributed by atoms with Crippen LogP contribution in [0.1, 0.15) is 11.3 Å². The van der Waals surface area contributed by atoms with E-state index in [1.807, 2.05) is 6.07 Å². The number of hydrogen-bond acceptors (Lipinski definition) is 8. The average molecular weight is 566 g/mol. The molecule has 3 aromatic carbocycles. The fourth-order valence-electron chi connectivity index (χ4n) is 5.59. The van der Waals surface area contributed by atoms with E-state index >= 15 is 0 Å². The molecular weight excluding hydrogens is 538 g/mol. The maximum atomic E-state index is 14.1. The Morgan fingerprint density at radius 3 is 2.14 bits per heavy atom. The maximum Gasteiger partial charge on any atom is 0.358 e. The van der Waals surface area contributed by atoms with Crippen LogP contribution in [0.4, 0.5) is 17.1 Å². The third kappa shape index (κ3) is 3.66. The molecule has 0 aliphatic carbocycles. The lowest BCUT2D eigenvalue weighted by molar-refractivity contribution is -0.145. The number of methoxy groups -OCH3 is 2. The molecule has 2 N–H and O–H groups in total. The number of rotatable bonds is 5. The normalized spacial score (nSPS) is 17.7. The number of carbonyl (C=O) groups is 3. The number of ketones is 1. The maximum absolute atomic E-state index is 14.1. The van der Waals surface area contributed by atoms with Gasteiger partial charge >= 0.3 is 11.9 Å². The Kier molecular flexibility index (Phi) is 6.22. The van der Waals surface area contributed by atoms with Crippen LogP contribution in [0.2, 0.25) is 0 Å². The number of nitrogens with one attached hydrogen (secondary N) is 2. The second-order valence-electron chi connectivity index (χ2n) is 9.86. The van der Waals surface area contributed by atoms with E-state index < -0.39 is 28.9 Å². The quantitative estimate of drug-likeness (QED) is 0.279. The van der Waals surface area contributed by atoms with Gasteiger partial charge < -0.3 is 20.1 Å². The van der Waals surface area contributed by atoms with Crippen LogP contribution in [0.25, 0.3) is 11.4 Å². The Labute approximate surface area is 240 Å². The Hall–Kier alpha value is -5.58. The fourth-order valence-corrected chi connectivity index (χ4v) is 5.59. The molecule has 2 aliphatic heterocycles. The van der Waals surface area contributed by atoms with E-state index in [9.17, 15) is 19.2 Å². The molecule has 1 atom stereocenters. The van der Waals surface area contributed by atoms with Crippen LogP contribution in [-0.4, -0.2) is 46.9 Å². The van der Waals surface area contributed by atoms with Crippen LogP contribution >= 0.6 is 0 Å². The second kappa shape index (κ2) is 9.81. The molecule has 42 heavy (non-hydrogen) atoms. The van der Waals surface area contributed by atoms with Gasteiger partial charge in [-0.1, -0.05) is 30.3 Å². The number of para-hydroxylation sites is 3. The Balaban J connectivity index is 1.71. The van der Waals surface area contributed by atoms with Crippen molar-refractivity contribution < 1.29 is 23.9 Å². The highest BCUT2D eigenvalue weighted by Gasteiger charge is 2.65. The largest absolute Gasteiger partial charge is 0.497 e. The SMILES string of the molecule is COC(=O)C12Nc3ccccc3NC(c3ccc(OC)cc3)=C1C(=O)C(=O)N2c1c(C)n(C)n(-c2ccccc2)c1=O. The number of amides is 1. The smallest absolute Gasteiger partial charge is 0.358 e. The minimum absolute atomic E-state index is 0.138. The summed E-state index contributed by atoms with van der Waals surface area (Å²) in [6.45, 7) is 1.65. The van der Waals surface area contributed by atoms with Gasteiger partial charge in [-0.05, 0) is 61.0 Å². The molecule has 4 aromatic rings. The molecule has 0 bridgehead atoms. The summed E-state index contributed by atoms with van der Waals surface area (Å²) in [4.78, 5) is 57.2. The van der Waals surface area contributed by atoms with Gasteiger partial charge in [0.25, 0.3) is 17.0 Å². The van der Waals surface area contributed by atoms with Crippen LogP contribution in [0.5, 0.6) is 5.75 Å². The Morgan fingerprint density at radius 1 is 0.857 bits per heavy atom. The molecule has 11 heteroatoms. The minimum Gasteiger partial charge on any atom is -0.497 e. The molecule has 1 amide bonds. The number of fused-ring (bicyclic) bond motifs is 2. The summed E-state index contributed by atoms with van der Waals surface area (Å²) in [5, 5.41) is 6.41. The first-order valence-electron chi connectivity index (χ1n) is 13.1. The van der Waals surface area contributed by atoms with Crippen LogP contribution in [0.3, 0.4) is 0 Å². The summed E-state index contributed by atoms with van der Waals surface area (Å²) < 4.78 is 13.5. The monoisotopic (exact) mass is 565 g/mol. The Morgan fingerprint density at radius 2 is 1.50 bits per heavy atom. The lowest BCUT2D eigenvalue weighted by atomic mass is 9.93. The number of benzene rings is 3. The molecular formula is C31H27N5O6. The zero-order valence-electron chi connectivity index (χ0n) is 23.3. The van der Waals surface area contributed by atoms with Crippen molar-refractivity contribution in [2.45, 2.75) is 12.6 Å². The van der Waals surface area contributed by atoms with Gasteiger partial charge in [-0.15, -0.1) is 0 Å². The molecule has 212 valence electrons. The highest BCUT2D eigenvalue weighted by molar-refractivity contribution is 6.55. The fraction of sp³-hybridized carbons (Fsp3) is 0.161. The van der Waals surface area contributed by atoms with Crippen molar-refractivity contribution in [3.05, 3.63) is 106 Å². The summed E-state index contributed by atoms with van der Waals surface area (Å²) in [7, 11) is 4.36. The molecule has 0 spiro atoms. The van der Waals surface area contributed by atoms with Crippen molar-refractivity contribution in [1.29, 1.82) is 0 Å². The van der Waals surface area contributed by atoms with Gasteiger partial charge in [0, 0.05) is 7.05 Å². The van der Waals surface area contributed by atoms with Crippen molar-refractivity contribution in [3.63, 3.8) is 0 Å². The van der Waals surface area contributed by atoms with E-state index in [2.05, 4.69) is 10.6 Å². The number of hydrogen-bond donors (Lipinski definition) is 2. The second-order valence-corrected chi connectivity index (χ2v) is 9.86. The number of nitrogens with zero attached hydrogens (tertiary/aromatic N) is 3. The number of anilines is 3. The van der Waals surface area contributed by atoms with Gasteiger partial charge in [0.05, 0.1) is 48.2 Å². The zero-order valence-corrected chi connectivity index (χ0v) is 23.3. The number of ether oxygens (including phenoxy) is 2. The predicted octanol–water partition coefficient (Wildman–Crippen LogP) is 3.23. The molecule has 0 radical (unpaired) electrons. The lowest BCUT2D eigenvalue weighted by Crippen LogP contribution is -2.60. The number of esters is 1. The number of Topliss-reactive ketones (excluding diaryl/α,β-unsaturated/α-hetero) is 1. The molecule has 2 aliphatic rings. The standard InChI is InChI=1S/C31H27N5O6/c1-18-26(28(38)36(34(18)2)20-10-6-5-7-11-20)35-29(39)27(37)24-25(19-14-16-21(41-3)17-15-19)32-22-12-8-9-13-23(22)33-31(24,35)30(40)42-4/h5-17,32-33H,1-4H3. The van der Waals surface area contributed by atoms with Gasteiger partial charge in [-0.3, -0.25) is 24.0 Å². The topological polar surface area (TPSA) is 124 Å². The van der Waals surface area contributed by atoms with Gasteiger partial charge in [-0.25, -0.2) is 9.48 Å². The Bertz CT molecular complexity index is 1850. The van der Waals surface area contributed by atoms with E-state index in [1.165, 1.54) is 18.9 Å². The van der Waals surface area contributed by atoms with E-state index in [-0.39, 0.29) is 17.0 Å². The summed E-state index contributed by atoms with van der Waals surface area (Å²) in [5.74, 6) is -2.39. The minimum atomic E-state index is -2.22. The molecule has 1 unspecified atom stereocenters. The molecule has 1 aromatic heterocycles. The summed E-state index contributed by atoms with van der Waals surface area (Å²) in [6.07, 6.45) is 0. The number of carbonyl (C=O) groups excluding carboxylic acids is 3. The van der Waals surface area contributed by atoms with Crippen molar-refractivity contribution in [3.8, 4) is 11.4 Å². The third-order valence-corrected chi connectivity index (χ3v) is 7.68. The van der Waals surface area contributed by atoms with Crippen molar-refractivity contribution in [1.82, 2.24) is 9.36 Å². The van der Waals surface area contributed by atoms with Gasteiger partial charge in [0.1, 0.15) is 11.4 Å². The predicted molar refractivity (Wildman–Crippen MR) is 157 cm³/mol. The van der Waals surface area contributed by atoms with E-state index in [4.69, 9.17) is 9.47 Å². The highest BCUT2D eigenvalue weighted by Crippen LogP contribution is 2.46. The van der Waals surface area contributed by atoms with Crippen LogP contribution < -0.4 is 25.8 Å². The van der Waals surface area contributed by atoms with Crippen LogP contribution in [0, 0.1) is 6.92 Å². The van der Waals surface area contributed by atoms with Crippen molar-refractivity contribution in [2.75, 3.05) is 29.8 Å². The molecule has 1 fully saturated rings. The van der Waals surface area contributed by atoms with E-state index in [0.717, 1.165) is 4.90 Å². The molecule has 11 nitrogen and oxygen atoms in total.